The van der Waals surface area contributed by atoms with E-state index in [0.717, 1.165) is 0 Å². The third-order valence-electron chi connectivity index (χ3n) is 2.64. The zero-order chi connectivity index (χ0) is 14.2. The molecule has 0 bridgehead atoms. The fourth-order valence-electron chi connectivity index (χ4n) is 1.76. The van der Waals surface area contributed by atoms with Crippen molar-refractivity contribution in [1.82, 2.24) is 9.78 Å². The van der Waals surface area contributed by atoms with E-state index < -0.39 is 10.7 Å². The van der Waals surface area contributed by atoms with E-state index in [1.54, 1.807) is 12.1 Å². The lowest BCUT2D eigenvalue weighted by molar-refractivity contribution is -0.384. The van der Waals surface area contributed by atoms with Crippen LogP contribution in [0.5, 0.6) is 0 Å². The van der Waals surface area contributed by atoms with Gasteiger partial charge < -0.3 is 5.73 Å². The molecule has 0 amide bonds. The molecule has 1 aromatic heterocycles. The Hall–Kier alpha value is -1.96. The molecule has 0 saturated carbocycles. The molecule has 0 radical (unpaired) electrons. The number of nitro groups is 1. The summed E-state index contributed by atoms with van der Waals surface area (Å²) in [7, 11) is 0. The first kappa shape index (κ1) is 13.5. The van der Waals surface area contributed by atoms with E-state index in [1.807, 2.05) is 0 Å². The predicted molar refractivity (Wildman–Crippen MR) is 71.2 cm³/mol. The van der Waals surface area contributed by atoms with Gasteiger partial charge in [0.25, 0.3) is 0 Å². The lowest BCUT2D eigenvalue weighted by atomic mass is 10.2. The first-order chi connectivity index (χ1) is 8.90. The number of halogens is 2. The summed E-state index contributed by atoms with van der Waals surface area (Å²) in [5.74, 6) is -0.500. The van der Waals surface area contributed by atoms with Gasteiger partial charge >= 0.3 is 5.69 Å². The molecule has 2 rings (SSSR count). The van der Waals surface area contributed by atoms with Crippen LogP contribution in [0.15, 0.2) is 22.7 Å². The van der Waals surface area contributed by atoms with Gasteiger partial charge in [0.1, 0.15) is 11.5 Å². The summed E-state index contributed by atoms with van der Waals surface area (Å²) in [5, 5.41) is 14.8. The summed E-state index contributed by atoms with van der Waals surface area (Å²) in [5.41, 5.74) is 5.98. The molecule has 0 spiro atoms. The second kappa shape index (κ2) is 4.96. The van der Waals surface area contributed by atoms with Gasteiger partial charge in [-0.15, -0.1) is 0 Å². The SMILES string of the molecule is Cc1nn(Cc2cc(Br)ccc2F)c(N)c1[N+](=O)[O-]. The van der Waals surface area contributed by atoms with Crippen LogP contribution in [0.3, 0.4) is 0 Å². The minimum absolute atomic E-state index is 0.0335. The topological polar surface area (TPSA) is 87.0 Å². The Morgan fingerprint density at radius 1 is 1.58 bits per heavy atom. The van der Waals surface area contributed by atoms with Gasteiger partial charge in [-0.2, -0.15) is 5.10 Å². The molecule has 2 aromatic rings. The van der Waals surface area contributed by atoms with E-state index in [4.69, 9.17) is 5.73 Å². The predicted octanol–water partition coefficient (Wildman–Crippen LogP) is 2.63. The Balaban J connectivity index is 2.42. The molecule has 6 nitrogen and oxygen atoms in total. The van der Waals surface area contributed by atoms with E-state index in [1.165, 1.54) is 17.7 Å². The number of nitrogen functional groups attached to an aromatic ring is 1. The molecule has 0 saturated heterocycles. The number of nitrogens with zero attached hydrogens (tertiary/aromatic N) is 3. The normalized spacial score (nSPS) is 10.7. The Bertz CT molecular complexity index is 656. The van der Waals surface area contributed by atoms with Crippen molar-refractivity contribution >= 4 is 27.4 Å². The van der Waals surface area contributed by atoms with Crippen molar-refractivity contribution < 1.29 is 9.31 Å². The van der Waals surface area contributed by atoms with Crippen molar-refractivity contribution in [3.63, 3.8) is 0 Å². The Morgan fingerprint density at radius 3 is 2.84 bits per heavy atom. The van der Waals surface area contributed by atoms with Crippen LogP contribution in [0.4, 0.5) is 15.9 Å². The molecule has 0 aliphatic heterocycles. The largest absolute Gasteiger partial charge is 0.378 e. The highest BCUT2D eigenvalue weighted by molar-refractivity contribution is 9.10. The van der Waals surface area contributed by atoms with Gasteiger partial charge in [0, 0.05) is 10.0 Å². The van der Waals surface area contributed by atoms with Gasteiger partial charge in [0.15, 0.2) is 0 Å². The smallest absolute Gasteiger partial charge is 0.333 e. The van der Waals surface area contributed by atoms with Crippen LogP contribution < -0.4 is 5.73 Å². The molecule has 0 aliphatic rings. The average Bonchev–Trinajstić information content (AvgIpc) is 2.59. The molecular formula is C11H10BrFN4O2. The van der Waals surface area contributed by atoms with Crippen LogP contribution in [0.2, 0.25) is 0 Å². The van der Waals surface area contributed by atoms with Gasteiger partial charge in [-0.1, -0.05) is 15.9 Å². The number of hydrogen-bond acceptors (Lipinski definition) is 4. The standard InChI is InChI=1S/C11H10BrFN4O2/c1-6-10(17(18)19)11(14)16(15-6)5-7-4-8(12)2-3-9(7)13/h2-4H,5,14H2,1H3. The molecule has 19 heavy (non-hydrogen) atoms. The molecule has 0 fully saturated rings. The Labute approximate surface area is 116 Å². The summed E-state index contributed by atoms with van der Waals surface area (Å²) in [6.07, 6.45) is 0. The van der Waals surface area contributed by atoms with Gasteiger partial charge in [-0.05, 0) is 25.1 Å². The maximum Gasteiger partial charge on any atom is 0.333 e. The maximum absolute atomic E-state index is 13.6. The third kappa shape index (κ3) is 2.58. The highest BCUT2D eigenvalue weighted by Gasteiger charge is 2.23. The number of aromatic nitrogens is 2. The summed E-state index contributed by atoms with van der Waals surface area (Å²) in [6.45, 7) is 1.52. The van der Waals surface area contributed by atoms with E-state index in [2.05, 4.69) is 21.0 Å². The van der Waals surface area contributed by atoms with Crippen molar-refractivity contribution in [2.75, 3.05) is 5.73 Å². The van der Waals surface area contributed by atoms with Crippen LogP contribution in [0.1, 0.15) is 11.3 Å². The van der Waals surface area contributed by atoms with E-state index in [-0.39, 0.29) is 23.7 Å². The summed E-state index contributed by atoms with van der Waals surface area (Å²) in [4.78, 5) is 10.2. The average molecular weight is 329 g/mol. The molecule has 8 heteroatoms. The zero-order valence-electron chi connectivity index (χ0n) is 9.93. The fraction of sp³-hybridized carbons (Fsp3) is 0.182. The van der Waals surface area contributed by atoms with Crippen LogP contribution in [-0.4, -0.2) is 14.7 Å². The number of rotatable bonds is 3. The van der Waals surface area contributed by atoms with Crippen molar-refractivity contribution in [3.05, 3.63) is 49.9 Å². The Kier molecular flexibility index (Phi) is 3.52. The summed E-state index contributed by atoms with van der Waals surface area (Å²) >= 11 is 3.24. The molecule has 1 aromatic carbocycles. The highest BCUT2D eigenvalue weighted by Crippen LogP contribution is 2.26. The molecule has 100 valence electrons. The Morgan fingerprint density at radius 2 is 2.26 bits per heavy atom. The van der Waals surface area contributed by atoms with Crippen molar-refractivity contribution in [2.24, 2.45) is 0 Å². The number of aryl methyl sites for hydroxylation is 1. The van der Waals surface area contributed by atoms with Gasteiger partial charge in [-0.25, -0.2) is 9.07 Å². The van der Waals surface area contributed by atoms with Crippen LogP contribution in [-0.2, 0) is 6.54 Å². The lowest BCUT2D eigenvalue weighted by Gasteiger charge is -2.05. The first-order valence-electron chi connectivity index (χ1n) is 5.31. The minimum atomic E-state index is -0.592. The third-order valence-corrected chi connectivity index (χ3v) is 3.14. The van der Waals surface area contributed by atoms with E-state index >= 15 is 0 Å². The molecule has 0 aliphatic carbocycles. The van der Waals surface area contributed by atoms with Crippen molar-refractivity contribution in [2.45, 2.75) is 13.5 Å². The number of nitrogens with two attached hydrogens (primary N) is 1. The molecule has 0 unspecified atom stereocenters. The second-order valence-electron chi connectivity index (χ2n) is 3.97. The minimum Gasteiger partial charge on any atom is -0.378 e. The highest BCUT2D eigenvalue weighted by atomic mass is 79.9. The van der Waals surface area contributed by atoms with Crippen LogP contribution >= 0.6 is 15.9 Å². The van der Waals surface area contributed by atoms with E-state index in [9.17, 15) is 14.5 Å². The summed E-state index contributed by atoms with van der Waals surface area (Å²) in [6, 6.07) is 4.46. The van der Waals surface area contributed by atoms with Crippen LogP contribution in [0.25, 0.3) is 0 Å². The second-order valence-corrected chi connectivity index (χ2v) is 4.89. The molecule has 2 N–H and O–H groups in total. The molecule has 0 atom stereocenters. The van der Waals surface area contributed by atoms with Gasteiger partial charge in [-0.3, -0.25) is 10.1 Å². The van der Waals surface area contributed by atoms with Gasteiger partial charge in [0.2, 0.25) is 5.82 Å². The van der Waals surface area contributed by atoms with Crippen molar-refractivity contribution in [3.8, 4) is 0 Å². The number of hydrogen-bond donors (Lipinski definition) is 1. The first-order valence-corrected chi connectivity index (χ1v) is 6.10. The number of benzene rings is 1. The van der Waals surface area contributed by atoms with Crippen molar-refractivity contribution in [1.29, 1.82) is 0 Å². The van der Waals surface area contributed by atoms with E-state index in [0.29, 0.717) is 10.0 Å². The zero-order valence-corrected chi connectivity index (χ0v) is 11.5. The monoisotopic (exact) mass is 328 g/mol. The fourth-order valence-corrected chi connectivity index (χ4v) is 2.17. The quantitative estimate of drug-likeness (QED) is 0.693. The van der Waals surface area contributed by atoms with Gasteiger partial charge in [0.05, 0.1) is 11.5 Å². The van der Waals surface area contributed by atoms with Crippen LogP contribution in [0, 0.1) is 22.9 Å². The lowest BCUT2D eigenvalue weighted by Crippen LogP contribution is -2.08. The molecule has 1 heterocycles. The summed E-state index contributed by atoms with van der Waals surface area (Å²) < 4.78 is 15.5. The maximum atomic E-state index is 13.6. The molecular weight excluding hydrogens is 319 g/mol. The number of anilines is 1.